The molecule has 1 amide bonds. The quantitative estimate of drug-likeness (QED) is 0.637. The molecule has 0 aromatic heterocycles. The average molecular weight is 319 g/mol. The Morgan fingerprint density at radius 1 is 1.17 bits per heavy atom. The summed E-state index contributed by atoms with van der Waals surface area (Å²) in [6.07, 6.45) is 2.20. The molecule has 2 aliphatic rings. The molecular formula is C16H23N4O3+. The lowest BCUT2D eigenvalue weighted by Crippen LogP contribution is -3.12. The van der Waals surface area contributed by atoms with E-state index in [4.69, 9.17) is 0 Å². The highest BCUT2D eigenvalue weighted by molar-refractivity contribution is 6.00. The molecule has 1 aromatic rings. The number of quaternary nitrogens is 1. The maximum Gasteiger partial charge on any atom is 0.270 e. The van der Waals surface area contributed by atoms with E-state index in [1.54, 1.807) is 6.07 Å². The van der Waals surface area contributed by atoms with Crippen LogP contribution in [0.25, 0.3) is 0 Å². The first-order chi connectivity index (χ1) is 11.1. The molecule has 0 bridgehead atoms. The van der Waals surface area contributed by atoms with E-state index in [0.717, 1.165) is 44.7 Å². The van der Waals surface area contributed by atoms with Gasteiger partial charge in [-0.15, -0.1) is 0 Å². The highest BCUT2D eigenvalue weighted by Gasteiger charge is 2.28. The van der Waals surface area contributed by atoms with Gasteiger partial charge in [0.15, 0.2) is 0 Å². The van der Waals surface area contributed by atoms with Gasteiger partial charge >= 0.3 is 0 Å². The van der Waals surface area contributed by atoms with E-state index in [1.165, 1.54) is 17.0 Å². The highest BCUT2D eigenvalue weighted by Crippen LogP contribution is 2.29. The van der Waals surface area contributed by atoms with Crippen LogP contribution in [0.1, 0.15) is 23.2 Å². The lowest BCUT2D eigenvalue weighted by molar-refractivity contribution is -0.883. The maximum atomic E-state index is 12.9. The standard InChI is InChI=1S/C16H22N4O3/c1-17-8-10-19(11-9-17)16(21)14-12-13(20(22)23)4-5-15(14)18-6-2-3-7-18/h4-5,12H,2-3,6-11H2,1H3/p+1. The van der Waals surface area contributed by atoms with E-state index >= 15 is 0 Å². The lowest BCUT2D eigenvalue weighted by Gasteiger charge is -2.31. The van der Waals surface area contributed by atoms with Crippen molar-refractivity contribution >= 4 is 17.3 Å². The van der Waals surface area contributed by atoms with Crippen LogP contribution in [0.15, 0.2) is 18.2 Å². The Morgan fingerprint density at radius 3 is 2.43 bits per heavy atom. The predicted molar refractivity (Wildman–Crippen MR) is 87.1 cm³/mol. The Kier molecular flexibility index (Phi) is 4.47. The van der Waals surface area contributed by atoms with Gasteiger partial charge in [-0.3, -0.25) is 14.9 Å². The van der Waals surface area contributed by atoms with Gasteiger partial charge in [0.1, 0.15) is 0 Å². The number of piperazine rings is 1. The Labute approximate surface area is 135 Å². The molecule has 7 heteroatoms. The second kappa shape index (κ2) is 6.54. The van der Waals surface area contributed by atoms with Crippen LogP contribution >= 0.6 is 0 Å². The van der Waals surface area contributed by atoms with Crippen molar-refractivity contribution in [2.75, 3.05) is 51.2 Å². The first kappa shape index (κ1) is 15.7. The third kappa shape index (κ3) is 3.29. The molecule has 2 heterocycles. The van der Waals surface area contributed by atoms with Crippen LogP contribution in [0.4, 0.5) is 11.4 Å². The number of nitro benzene ring substituents is 1. The van der Waals surface area contributed by atoms with Gasteiger partial charge in [-0.25, -0.2) is 0 Å². The number of benzene rings is 1. The molecule has 0 atom stereocenters. The molecule has 1 N–H and O–H groups in total. The van der Waals surface area contributed by atoms with Crippen molar-refractivity contribution in [2.45, 2.75) is 12.8 Å². The van der Waals surface area contributed by atoms with Gasteiger partial charge in [0.05, 0.1) is 49.4 Å². The fourth-order valence-electron chi connectivity index (χ4n) is 3.30. The smallest absolute Gasteiger partial charge is 0.270 e. The SMILES string of the molecule is C[NH+]1CCN(C(=O)c2cc([N+](=O)[O-])ccc2N2CCCC2)CC1. The van der Waals surface area contributed by atoms with Gasteiger partial charge in [-0.2, -0.15) is 0 Å². The molecule has 0 unspecified atom stereocenters. The highest BCUT2D eigenvalue weighted by atomic mass is 16.6. The van der Waals surface area contributed by atoms with Crippen molar-refractivity contribution in [3.05, 3.63) is 33.9 Å². The van der Waals surface area contributed by atoms with Gasteiger partial charge in [0, 0.05) is 25.2 Å². The fourth-order valence-corrected chi connectivity index (χ4v) is 3.30. The van der Waals surface area contributed by atoms with Gasteiger partial charge in [-0.05, 0) is 18.9 Å². The Bertz CT molecular complexity index is 605. The zero-order chi connectivity index (χ0) is 16.4. The fraction of sp³-hybridized carbons (Fsp3) is 0.562. The molecule has 3 rings (SSSR count). The summed E-state index contributed by atoms with van der Waals surface area (Å²) in [5.74, 6) is -0.0805. The monoisotopic (exact) mass is 319 g/mol. The number of nitrogens with zero attached hydrogens (tertiary/aromatic N) is 3. The van der Waals surface area contributed by atoms with Gasteiger partial charge in [-0.1, -0.05) is 0 Å². The van der Waals surface area contributed by atoms with E-state index in [1.807, 2.05) is 4.90 Å². The molecular weight excluding hydrogens is 296 g/mol. The summed E-state index contributed by atoms with van der Waals surface area (Å²) in [5.41, 5.74) is 1.29. The first-order valence-electron chi connectivity index (χ1n) is 8.20. The summed E-state index contributed by atoms with van der Waals surface area (Å²) < 4.78 is 0. The van der Waals surface area contributed by atoms with Crippen molar-refractivity contribution in [3.63, 3.8) is 0 Å². The maximum absolute atomic E-state index is 12.9. The molecule has 23 heavy (non-hydrogen) atoms. The molecule has 2 saturated heterocycles. The van der Waals surface area contributed by atoms with Crippen LogP contribution < -0.4 is 9.80 Å². The van der Waals surface area contributed by atoms with Gasteiger partial charge in [0.25, 0.3) is 11.6 Å². The number of non-ortho nitro benzene ring substituents is 1. The van der Waals surface area contributed by atoms with E-state index in [-0.39, 0.29) is 11.6 Å². The summed E-state index contributed by atoms with van der Waals surface area (Å²) in [4.78, 5) is 29.0. The number of carbonyl (C=O) groups excluding carboxylic acids is 1. The number of hydrogen-bond acceptors (Lipinski definition) is 4. The third-order valence-corrected chi connectivity index (χ3v) is 4.77. The largest absolute Gasteiger partial charge is 0.371 e. The lowest BCUT2D eigenvalue weighted by atomic mass is 10.1. The number of amides is 1. The number of anilines is 1. The third-order valence-electron chi connectivity index (χ3n) is 4.77. The van der Waals surface area contributed by atoms with Crippen LogP contribution in [0.3, 0.4) is 0 Å². The average Bonchev–Trinajstić information content (AvgIpc) is 3.08. The topological polar surface area (TPSA) is 71.1 Å². The molecule has 1 aromatic carbocycles. The Hall–Kier alpha value is -2.15. The van der Waals surface area contributed by atoms with Crippen LogP contribution in [-0.2, 0) is 0 Å². The van der Waals surface area contributed by atoms with Crippen LogP contribution in [-0.4, -0.2) is 62.0 Å². The predicted octanol–water partition coefficient (Wildman–Crippen LogP) is 0.166. The second-order valence-corrected chi connectivity index (χ2v) is 6.40. The molecule has 0 aliphatic carbocycles. The van der Waals surface area contributed by atoms with E-state index in [9.17, 15) is 14.9 Å². The normalized spacial score (nSPS) is 19.2. The number of hydrogen-bond donors (Lipinski definition) is 1. The molecule has 2 aliphatic heterocycles. The Balaban J connectivity index is 1.92. The first-order valence-corrected chi connectivity index (χ1v) is 8.20. The second-order valence-electron chi connectivity index (χ2n) is 6.40. The number of rotatable bonds is 3. The molecule has 124 valence electrons. The molecule has 0 saturated carbocycles. The minimum absolute atomic E-state index is 0.0175. The minimum Gasteiger partial charge on any atom is -0.371 e. The summed E-state index contributed by atoms with van der Waals surface area (Å²) in [6, 6.07) is 4.68. The minimum atomic E-state index is -0.432. The molecule has 0 radical (unpaired) electrons. The van der Waals surface area contributed by atoms with Crippen molar-refractivity contribution in [1.82, 2.24) is 4.90 Å². The van der Waals surface area contributed by atoms with Gasteiger partial charge < -0.3 is 14.7 Å². The summed E-state index contributed by atoms with van der Waals surface area (Å²) in [5, 5.41) is 11.1. The van der Waals surface area contributed by atoms with Crippen LogP contribution in [0, 0.1) is 10.1 Å². The zero-order valence-corrected chi connectivity index (χ0v) is 13.5. The van der Waals surface area contributed by atoms with Crippen molar-refractivity contribution in [1.29, 1.82) is 0 Å². The number of carbonyl (C=O) groups is 1. The zero-order valence-electron chi connectivity index (χ0n) is 13.5. The van der Waals surface area contributed by atoms with E-state index in [2.05, 4.69) is 11.9 Å². The molecule has 2 fully saturated rings. The number of likely N-dealkylation sites (N-methyl/N-ethyl adjacent to an activating group) is 1. The van der Waals surface area contributed by atoms with Crippen molar-refractivity contribution in [3.8, 4) is 0 Å². The van der Waals surface area contributed by atoms with Gasteiger partial charge in [0.2, 0.25) is 0 Å². The number of nitrogens with one attached hydrogen (secondary N) is 1. The Morgan fingerprint density at radius 2 is 1.83 bits per heavy atom. The van der Waals surface area contributed by atoms with Crippen LogP contribution in [0.5, 0.6) is 0 Å². The summed E-state index contributed by atoms with van der Waals surface area (Å²) in [7, 11) is 2.12. The summed E-state index contributed by atoms with van der Waals surface area (Å²) >= 11 is 0. The molecule has 0 spiro atoms. The summed E-state index contributed by atoms with van der Waals surface area (Å²) in [6.45, 7) is 5.05. The molecule has 7 nitrogen and oxygen atoms in total. The van der Waals surface area contributed by atoms with Crippen molar-refractivity contribution in [2.24, 2.45) is 0 Å². The van der Waals surface area contributed by atoms with E-state index < -0.39 is 4.92 Å². The van der Waals surface area contributed by atoms with Crippen LogP contribution in [0.2, 0.25) is 0 Å². The van der Waals surface area contributed by atoms with E-state index in [0.29, 0.717) is 18.7 Å². The van der Waals surface area contributed by atoms with Crippen molar-refractivity contribution < 1.29 is 14.6 Å². The number of nitro groups is 1.